The number of methoxy groups -OCH3 is 3. The number of pyridine rings is 1. The molecule has 0 aliphatic carbocycles. The highest BCUT2D eigenvalue weighted by atomic mass is 16.5. The zero-order valence-electron chi connectivity index (χ0n) is 30.9. The number of unbranched alkanes of at least 4 members (excludes halogenated alkanes) is 1. The lowest BCUT2D eigenvalue weighted by Gasteiger charge is -2.28. The van der Waals surface area contributed by atoms with Crippen molar-refractivity contribution >= 4 is 16.9 Å². The van der Waals surface area contributed by atoms with Gasteiger partial charge in [-0.2, -0.15) is 0 Å². The molecule has 0 radical (unpaired) electrons. The van der Waals surface area contributed by atoms with Crippen LogP contribution in [0, 0.1) is 6.92 Å². The number of aromatic nitrogens is 3. The third kappa shape index (κ3) is 11.5. The highest BCUT2D eigenvalue weighted by Crippen LogP contribution is 2.38. The number of fused-ring (bicyclic) bond motifs is 1. The summed E-state index contributed by atoms with van der Waals surface area (Å²) >= 11 is 0. The number of para-hydroxylation sites is 2. The lowest BCUT2D eigenvalue weighted by Crippen LogP contribution is -2.33. The van der Waals surface area contributed by atoms with Crippen molar-refractivity contribution in [3.63, 3.8) is 0 Å². The Bertz CT molecular complexity index is 1520. The first kappa shape index (κ1) is 39.3. The van der Waals surface area contributed by atoms with Gasteiger partial charge in [-0.3, -0.25) is 9.78 Å². The van der Waals surface area contributed by atoms with Gasteiger partial charge in [0.1, 0.15) is 5.82 Å². The number of carbonyl (C=O) groups excluding carboxylic acids is 1. The average Bonchev–Trinajstić information content (AvgIpc) is 3.46. The lowest BCUT2D eigenvalue weighted by molar-refractivity contribution is 0.0781. The van der Waals surface area contributed by atoms with Gasteiger partial charge in [0.05, 0.1) is 39.0 Å². The summed E-state index contributed by atoms with van der Waals surface area (Å²) in [6, 6.07) is 15.7. The van der Waals surface area contributed by atoms with Gasteiger partial charge in [0.2, 0.25) is 5.75 Å². The predicted molar refractivity (Wildman–Crippen MR) is 197 cm³/mol. The average molecular weight is 676 g/mol. The molecule has 0 aliphatic heterocycles. The Morgan fingerprint density at radius 1 is 0.918 bits per heavy atom. The Morgan fingerprint density at radius 3 is 2.27 bits per heavy atom. The number of aryl methyl sites for hydroxylation is 1. The molecule has 2 aromatic carbocycles. The van der Waals surface area contributed by atoms with Crippen LogP contribution in [0.25, 0.3) is 11.0 Å². The summed E-state index contributed by atoms with van der Waals surface area (Å²) in [6.45, 7) is 14.7. The number of ether oxygens (including phenoxy) is 4. The number of benzene rings is 2. The molecule has 4 rings (SSSR count). The van der Waals surface area contributed by atoms with Gasteiger partial charge in [-0.25, -0.2) is 4.98 Å². The van der Waals surface area contributed by atoms with Crippen molar-refractivity contribution in [3.05, 3.63) is 77.9 Å². The van der Waals surface area contributed by atoms with Crippen LogP contribution in [0.15, 0.2) is 60.9 Å². The maximum Gasteiger partial charge on any atom is 0.253 e. The first-order valence-corrected chi connectivity index (χ1v) is 17.5. The highest BCUT2D eigenvalue weighted by molar-refractivity contribution is 5.95. The Balaban J connectivity index is 0.000000357. The molecule has 1 atom stereocenters. The summed E-state index contributed by atoms with van der Waals surface area (Å²) in [5, 5.41) is 0. The normalized spacial score (nSPS) is 11.6. The highest BCUT2D eigenvalue weighted by Gasteiger charge is 2.23. The second-order valence-corrected chi connectivity index (χ2v) is 12.1. The number of rotatable bonds is 19. The number of amides is 1. The molecule has 0 aliphatic rings. The topological polar surface area (TPSA) is 91.2 Å². The quantitative estimate of drug-likeness (QED) is 0.0961. The number of hydrogen-bond acceptors (Lipinski definition) is 8. The molecule has 0 saturated carbocycles. The van der Waals surface area contributed by atoms with E-state index in [0.29, 0.717) is 29.4 Å². The smallest absolute Gasteiger partial charge is 0.253 e. The minimum absolute atomic E-state index is 0.0930. The van der Waals surface area contributed by atoms with Crippen molar-refractivity contribution in [2.45, 2.75) is 65.8 Å². The zero-order chi connectivity index (χ0) is 35.6. The maximum atomic E-state index is 13.4. The largest absolute Gasteiger partial charge is 0.493 e. The van der Waals surface area contributed by atoms with Crippen molar-refractivity contribution in [3.8, 4) is 17.2 Å². The van der Waals surface area contributed by atoms with Crippen LogP contribution in [-0.2, 0) is 11.3 Å². The third-order valence-electron chi connectivity index (χ3n) is 8.58. The van der Waals surface area contributed by atoms with Gasteiger partial charge in [-0.15, -0.1) is 0 Å². The molecule has 0 bridgehead atoms. The van der Waals surface area contributed by atoms with E-state index in [1.165, 1.54) is 18.4 Å². The number of likely N-dealkylation sites (N-methyl/N-ethyl adjacent to an activating group) is 1. The van der Waals surface area contributed by atoms with Gasteiger partial charge in [-0.1, -0.05) is 38.5 Å². The molecule has 49 heavy (non-hydrogen) atoms. The van der Waals surface area contributed by atoms with Crippen molar-refractivity contribution in [2.75, 3.05) is 67.8 Å². The van der Waals surface area contributed by atoms with E-state index in [0.717, 1.165) is 69.1 Å². The van der Waals surface area contributed by atoms with Gasteiger partial charge >= 0.3 is 0 Å². The van der Waals surface area contributed by atoms with Gasteiger partial charge in [-0.05, 0) is 88.6 Å². The second kappa shape index (κ2) is 21.0. The van der Waals surface area contributed by atoms with Crippen molar-refractivity contribution in [2.24, 2.45) is 0 Å². The molecule has 10 heteroatoms. The van der Waals surface area contributed by atoms with Crippen molar-refractivity contribution in [1.29, 1.82) is 0 Å². The second-order valence-electron chi connectivity index (χ2n) is 12.1. The molecule has 0 saturated heterocycles. The van der Waals surface area contributed by atoms with Crippen LogP contribution < -0.4 is 14.2 Å². The van der Waals surface area contributed by atoms with Crippen molar-refractivity contribution in [1.82, 2.24) is 24.3 Å². The summed E-state index contributed by atoms with van der Waals surface area (Å²) in [5.74, 6) is 2.55. The van der Waals surface area contributed by atoms with Crippen LogP contribution in [-0.4, -0.2) is 98.0 Å². The lowest BCUT2D eigenvalue weighted by atomic mass is 9.96. The molecule has 10 nitrogen and oxygen atoms in total. The fourth-order valence-corrected chi connectivity index (χ4v) is 5.97. The van der Waals surface area contributed by atoms with E-state index in [1.807, 2.05) is 51.4 Å². The third-order valence-corrected chi connectivity index (χ3v) is 8.58. The number of nitrogens with zero attached hydrogens (tertiary/aromatic N) is 5. The van der Waals surface area contributed by atoms with Crippen LogP contribution in [0.2, 0.25) is 0 Å². The van der Waals surface area contributed by atoms with Crippen LogP contribution >= 0.6 is 0 Å². The van der Waals surface area contributed by atoms with Crippen LogP contribution in [0.4, 0.5) is 0 Å². The Kier molecular flexibility index (Phi) is 16.9. The molecular formula is C39H57N5O5. The molecule has 0 fully saturated rings. The first-order chi connectivity index (χ1) is 23.8. The molecular weight excluding hydrogens is 618 g/mol. The fraction of sp³-hybridized carbons (Fsp3) is 0.513. The molecule has 2 heterocycles. The molecule has 2 aromatic heterocycles. The Labute approximate surface area is 293 Å². The van der Waals surface area contributed by atoms with Crippen molar-refractivity contribution < 1.29 is 23.7 Å². The van der Waals surface area contributed by atoms with E-state index in [-0.39, 0.29) is 11.8 Å². The number of imidazole rings is 1. The minimum atomic E-state index is -0.0930. The number of carbonyl (C=O) groups is 1. The number of hydrogen-bond donors (Lipinski definition) is 0. The predicted octanol–water partition coefficient (Wildman–Crippen LogP) is 7.25. The Morgan fingerprint density at radius 2 is 1.65 bits per heavy atom. The van der Waals surface area contributed by atoms with E-state index in [9.17, 15) is 4.79 Å². The van der Waals surface area contributed by atoms with E-state index in [1.54, 1.807) is 44.6 Å². The molecule has 4 aromatic rings. The monoisotopic (exact) mass is 675 g/mol. The summed E-state index contributed by atoms with van der Waals surface area (Å²) < 4.78 is 23.8. The van der Waals surface area contributed by atoms with E-state index < -0.39 is 0 Å². The molecule has 1 amide bonds. The Hall–Kier alpha value is -4.15. The van der Waals surface area contributed by atoms with Crippen LogP contribution in [0.5, 0.6) is 17.2 Å². The van der Waals surface area contributed by atoms with Gasteiger partial charge < -0.3 is 33.3 Å². The van der Waals surface area contributed by atoms with E-state index in [2.05, 4.69) is 45.4 Å². The summed E-state index contributed by atoms with van der Waals surface area (Å²) in [5.41, 5.74) is 3.90. The summed E-state index contributed by atoms with van der Waals surface area (Å²) in [6.07, 6.45) is 8.20. The van der Waals surface area contributed by atoms with Gasteiger partial charge in [0, 0.05) is 50.6 Å². The standard InChI is InChI=1S/C27H41N3O4.C12H16N2O/c1-7-9-15-30(14-8-2)16-12-22(21-11-10-13-28-19-21)20-29(3)27(31)23-17-24(32-4)26(34-6)25(18-23)33-5;1-3-15-9-8-14-10(2)13-11-6-4-5-7-12(11)14/h10-11,13,17-19,22H,7-9,12,14-16,20H2,1-6H3;4-7H,3,8-9H2,1-2H3. The van der Waals surface area contributed by atoms with Gasteiger partial charge in [0.25, 0.3) is 5.91 Å². The molecule has 0 N–H and O–H groups in total. The maximum absolute atomic E-state index is 13.4. The van der Waals surface area contributed by atoms with E-state index in [4.69, 9.17) is 18.9 Å². The van der Waals surface area contributed by atoms with E-state index >= 15 is 0 Å². The fourth-order valence-electron chi connectivity index (χ4n) is 5.97. The van der Waals surface area contributed by atoms with Crippen LogP contribution in [0.3, 0.4) is 0 Å². The summed E-state index contributed by atoms with van der Waals surface area (Å²) in [4.78, 5) is 26.5. The van der Waals surface area contributed by atoms with Gasteiger partial charge in [0.15, 0.2) is 11.5 Å². The van der Waals surface area contributed by atoms with Crippen LogP contribution in [0.1, 0.15) is 74.1 Å². The molecule has 0 spiro atoms. The summed E-state index contributed by atoms with van der Waals surface area (Å²) in [7, 11) is 6.49. The molecule has 268 valence electrons. The zero-order valence-corrected chi connectivity index (χ0v) is 30.9. The minimum Gasteiger partial charge on any atom is -0.493 e. The molecule has 1 unspecified atom stereocenters. The first-order valence-electron chi connectivity index (χ1n) is 17.5. The SMILES string of the molecule is CCCCN(CCC)CCC(CN(C)C(=O)c1cc(OC)c(OC)c(OC)c1)c1cccnc1.CCOCCn1c(C)nc2ccccc21.